The number of benzene rings is 3. The summed E-state index contributed by atoms with van der Waals surface area (Å²) in [6.07, 6.45) is 1.31. The lowest BCUT2D eigenvalue weighted by atomic mass is 10.1. The lowest BCUT2D eigenvalue weighted by molar-refractivity contribution is 0.102. The van der Waals surface area contributed by atoms with Crippen LogP contribution in [0.5, 0.6) is 0 Å². The number of amides is 3. The fraction of sp³-hybridized carbons (Fsp3) is 0.226. The number of carbonyl (C=O) groups excluding carboxylic acids is 2. The lowest BCUT2D eigenvalue weighted by Crippen LogP contribution is -2.43. The van der Waals surface area contributed by atoms with E-state index in [1.165, 1.54) is 24.5 Å². The maximum Gasteiger partial charge on any atom is 0.324 e. The molecule has 0 saturated carbocycles. The van der Waals surface area contributed by atoms with Crippen molar-refractivity contribution in [2.24, 2.45) is 0 Å². The first kappa shape index (κ1) is 28.7. The van der Waals surface area contributed by atoms with E-state index in [-0.39, 0.29) is 17.4 Å². The van der Waals surface area contributed by atoms with Crippen LogP contribution in [0, 0.1) is 12.7 Å². The van der Waals surface area contributed by atoms with E-state index in [4.69, 9.17) is 0 Å². The Morgan fingerprint density at radius 2 is 1.50 bits per heavy atom. The molecule has 0 atom stereocenters. The van der Waals surface area contributed by atoms with Crippen LogP contribution in [0.25, 0.3) is 0 Å². The van der Waals surface area contributed by atoms with Gasteiger partial charge in [-0.2, -0.15) is 0 Å². The SMILES string of the molecule is Cc1ccc(Nc2cc(NC(=O)Nc3cc(NC(=O)c4ccc(CN5CCN(C)CC5)cc4)ccc3F)ncn2)cc1. The summed E-state index contributed by atoms with van der Waals surface area (Å²) in [6.45, 7) is 6.96. The normalized spacial score (nSPS) is 13.8. The Labute approximate surface area is 244 Å². The fourth-order valence-corrected chi connectivity index (χ4v) is 4.48. The van der Waals surface area contributed by atoms with Crippen LogP contribution in [-0.2, 0) is 6.54 Å². The smallest absolute Gasteiger partial charge is 0.324 e. The van der Waals surface area contributed by atoms with E-state index >= 15 is 0 Å². The van der Waals surface area contributed by atoms with Crippen LogP contribution in [0.1, 0.15) is 21.5 Å². The van der Waals surface area contributed by atoms with Crippen LogP contribution in [0.3, 0.4) is 0 Å². The number of aromatic nitrogens is 2. The molecule has 0 radical (unpaired) electrons. The van der Waals surface area contributed by atoms with Crippen molar-refractivity contribution < 1.29 is 14.0 Å². The minimum Gasteiger partial charge on any atom is -0.340 e. The summed E-state index contributed by atoms with van der Waals surface area (Å²) in [4.78, 5) is 38.4. The third-order valence-electron chi connectivity index (χ3n) is 6.92. The van der Waals surface area contributed by atoms with Crippen molar-refractivity contribution in [3.8, 4) is 0 Å². The van der Waals surface area contributed by atoms with E-state index < -0.39 is 11.8 Å². The first-order valence-corrected chi connectivity index (χ1v) is 13.7. The van der Waals surface area contributed by atoms with Crippen LogP contribution in [-0.4, -0.2) is 64.9 Å². The van der Waals surface area contributed by atoms with Gasteiger partial charge >= 0.3 is 6.03 Å². The van der Waals surface area contributed by atoms with E-state index in [0.717, 1.165) is 49.5 Å². The van der Waals surface area contributed by atoms with Crippen molar-refractivity contribution in [3.63, 3.8) is 0 Å². The molecule has 3 aromatic carbocycles. The highest BCUT2D eigenvalue weighted by Gasteiger charge is 2.15. The van der Waals surface area contributed by atoms with Crippen LogP contribution < -0.4 is 21.3 Å². The molecular weight excluding hydrogens is 535 g/mol. The summed E-state index contributed by atoms with van der Waals surface area (Å²) >= 11 is 0. The Kier molecular flexibility index (Phi) is 9.00. The molecule has 2 heterocycles. The number of hydrogen-bond donors (Lipinski definition) is 4. The van der Waals surface area contributed by atoms with Gasteiger partial charge in [-0.05, 0) is 62.0 Å². The number of carbonyl (C=O) groups is 2. The van der Waals surface area contributed by atoms with Crippen molar-refractivity contribution in [2.75, 3.05) is 54.5 Å². The molecule has 1 aromatic heterocycles. The van der Waals surface area contributed by atoms with E-state index in [0.29, 0.717) is 17.1 Å². The van der Waals surface area contributed by atoms with E-state index in [9.17, 15) is 14.0 Å². The van der Waals surface area contributed by atoms with Gasteiger partial charge in [0.25, 0.3) is 5.91 Å². The van der Waals surface area contributed by atoms with Gasteiger partial charge < -0.3 is 20.9 Å². The number of nitrogens with one attached hydrogen (secondary N) is 4. The van der Waals surface area contributed by atoms with Crippen molar-refractivity contribution in [1.29, 1.82) is 0 Å². The van der Waals surface area contributed by atoms with E-state index in [2.05, 4.69) is 48.1 Å². The molecule has 0 bridgehead atoms. The molecule has 1 aliphatic heterocycles. The van der Waals surface area contributed by atoms with Gasteiger partial charge in [0.05, 0.1) is 5.69 Å². The average molecular weight is 569 g/mol. The zero-order chi connectivity index (χ0) is 29.5. The predicted molar refractivity (Wildman–Crippen MR) is 163 cm³/mol. The van der Waals surface area contributed by atoms with Gasteiger partial charge in [-0.1, -0.05) is 29.8 Å². The minimum absolute atomic E-state index is 0.0973. The van der Waals surface area contributed by atoms with Gasteiger partial charge in [-0.3, -0.25) is 15.0 Å². The number of anilines is 5. The fourth-order valence-electron chi connectivity index (χ4n) is 4.48. The highest BCUT2D eigenvalue weighted by atomic mass is 19.1. The van der Waals surface area contributed by atoms with Crippen LogP contribution >= 0.6 is 0 Å². The molecule has 11 heteroatoms. The van der Waals surface area contributed by atoms with Crippen LogP contribution in [0.15, 0.2) is 79.1 Å². The molecule has 1 aliphatic rings. The van der Waals surface area contributed by atoms with Crippen molar-refractivity contribution in [3.05, 3.63) is 102 Å². The number of aryl methyl sites for hydroxylation is 1. The third-order valence-corrected chi connectivity index (χ3v) is 6.92. The van der Waals surface area contributed by atoms with Gasteiger partial charge in [-0.15, -0.1) is 0 Å². The molecular formula is C31H33FN8O2. The molecule has 42 heavy (non-hydrogen) atoms. The molecule has 4 N–H and O–H groups in total. The summed E-state index contributed by atoms with van der Waals surface area (Å²) in [5.74, 6) is -0.288. The van der Waals surface area contributed by atoms with Crippen molar-refractivity contribution >= 4 is 40.6 Å². The Morgan fingerprint density at radius 1 is 0.810 bits per heavy atom. The molecule has 5 rings (SSSR count). The highest BCUT2D eigenvalue weighted by molar-refractivity contribution is 6.05. The highest BCUT2D eigenvalue weighted by Crippen LogP contribution is 2.22. The molecule has 216 valence electrons. The van der Waals surface area contributed by atoms with Gasteiger partial charge in [0.2, 0.25) is 0 Å². The standard InChI is InChI=1S/C31H33FN8O2/c1-21-3-9-24(10-4-21)35-28-18-29(34-20-33-28)38-31(42)37-27-17-25(11-12-26(27)32)36-30(41)23-7-5-22(6-8-23)19-40-15-13-39(2)14-16-40/h3-12,17-18,20H,13-16,19H2,1-2H3,(H,36,41)(H3,33,34,35,37,38,42). The monoisotopic (exact) mass is 568 g/mol. The Morgan fingerprint density at radius 3 is 2.24 bits per heavy atom. The first-order valence-electron chi connectivity index (χ1n) is 13.7. The Bertz CT molecular complexity index is 1540. The Hall–Kier alpha value is -4.87. The van der Waals surface area contributed by atoms with E-state index in [1.807, 2.05) is 43.3 Å². The number of halogens is 1. The molecule has 0 spiro atoms. The van der Waals surface area contributed by atoms with Crippen molar-refractivity contribution in [2.45, 2.75) is 13.5 Å². The van der Waals surface area contributed by atoms with Crippen LogP contribution in [0.4, 0.5) is 37.9 Å². The largest absolute Gasteiger partial charge is 0.340 e. The molecule has 1 saturated heterocycles. The zero-order valence-corrected chi connectivity index (χ0v) is 23.5. The summed E-state index contributed by atoms with van der Waals surface area (Å²) in [5, 5.41) is 11.0. The summed E-state index contributed by atoms with van der Waals surface area (Å²) in [6, 6.07) is 20.0. The lowest BCUT2D eigenvalue weighted by Gasteiger charge is -2.32. The number of piperazine rings is 1. The minimum atomic E-state index is -0.701. The molecule has 3 amide bonds. The summed E-state index contributed by atoms with van der Waals surface area (Å²) in [7, 11) is 2.13. The number of hydrogen-bond acceptors (Lipinski definition) is 7. The number of urea groups is 1. The number of likely N-dealkylation sites (N-methyl/N-ethyl adjacent to an activating group) is 1. The van der Waals surface area contributed by atoms with Gasteiger partial charge in [-0.25, -0.2) is 19.2 Å². The third kappa shape index (κ3) is 7.87. The second-order valence-corrected chi connectivity index (χ2v) is 10.3. The zero-order valence-electron chi connectivity index (χ0n) is 23.5. The van der Waals surface area contributed by atoms with Crippen LogP contribution in [0.2, 0.25) is 0 Å². The maximum atomic E-state index is 14.5. The van der Waals surface area contributed by atoms with E-state index in [1.54, 1.807) is 18.2 Å². The van der Waals surface area contributed by atoms with Crippen molar-refractivity contribution in [1.82, 2.24) is 19.8 Å². The average Bonchev–Trinajstić information content (AvgIpc) is 2.98. The molecule has 4 aromatic rings. The summed E-state index contributed by atoms with van der Waals surface area (Å²) < 4.78 is 14.5. The Balaban J connectivity index is 1.16. The quantitative estimate of drug-likeness (QED) is 0.228. The second kappa shape index (κ2) is 13.2. The molecule has 10 nitrogen and oxygen atoms in total. The number of nitrogens with zero attached hydrogens (tertiary/aromatic N) is 4. The van der Waals surface area contributed by atoms with Gasteiger partial charge in [0.15, 0.2) is 0 Å². The summed E-state index contributed by atoms with van der Waals surface area (Å²) in [5.41, 5.74) is 3.82. The molecule has 0 unspecified atom stereocenters. The molecule has 0 aliphatic carbocycles. The van der Waals surface area contributed by atoms with Gasteiger partial charge in [0, 0.05) is 55.7 Å². The number of rotatable bonds is 8. The first-order chi connectivity index (χ1) is 20.3. The molecule has 1 fully saturated rings. The topological polar surface area (TPSA) is 115 Å². The second-order valence-electron chi connectivity index (χ2n) is 10.3. The predicted octanol–water partition coefficient (Wildman–Crippen LogP) is 5.31. The maximum absolute atomic E-state index is 14.5. The van der Waals surface area contributed by atoms with Gasteiger partial charge in [0.1, 0.15) is 23.8 Å².